The lowest BCUT2D eigenvalue weighted by Crippen LogP contribution is -2.09. The van der Waals surface area contributed by atoms with E-state index in [0.717, 1.165) is 24.5 Å². The van der Waals surface area contributed by atoms with Crippen LogP contribution in [0.2, 0.25) is 0 Å². The largest absolute Gasteiger partial charge is 0.330 e. The summed E-state index contributed by atoms with van der Waals surface area (Å²) in [6.45, 7) is 0.998. The molecule has 0 unspecified atom stereocenters. The SMILES string of the molecule is c1ccc(-c2cccc(-c3cn4c(n3)-c3ccccc3CC4)c2)cc1. The predicted molar refractivity (Wildman–Crippen MR) is 102 cm³/mol. The van der Waals surface area contributed by atoms with Gasteiger partial charge in [-0.05, 0) is 29.2 Å². The lowest BCUT2D eigenvalue weighted by atomic mass is 10.0. The van der Waals surface area contributed by atoms with Crippen LogP contribution in [-0.4, -0.2) is 9.55 Å². The summed E-state index contributed by atoms with van der Waals surface area (Å²) in [5, 5.41) is 0. The molecule has 0 atom stereocenters. The summed E-state index contributed by atoms with van der Waals surface area (Å²) < 4.78 is 2.28. The monoisotopic (exact) mass is 322 g/mol. The molecule has 0 radical (unpaired) electrons. The second-order valence-electron chi connectivity index (χ2n) is 6.50. The van der Waals surface area contributed by atoms with Crippen LogP contribution in [-0.2, 0) is 13.0 Å². The van der Waals surface area contributed by atoms with Crippen molar-refractivity contribution < 1.29 is 0 Å². The highest BCUT2D eigenvalue weighted by Gasteiger charge is 2.18. The maximum absolute atomic E-state index is 4.96. The molecule has 2 nitrogen and oxygen atoms in total. The van der Waals surface area contributed by atoms with E-state index in [2.05, 4.69) is 83.6 Å². The van der Waals surface area contributed by atoms with Crippen LogP contribution in [0.25, 0.3) is 33.8 Å². The molecular formula is C23H18N2. The van der Waals surface area contributed by atoms with Gasteiger partial charge in [-0.2, -0.15) is 0 Å². The summed E-state index contributed by atoms with van der Waals surface area (Å²) in [5.74, 6) is 1.09. The third-order valence-corrected chi connectivity index (χ3v) is 4.92. The number of benzene rings is 3. The molecule has 1 aromatic heterocycles. The van der Waals surface area contributed by atoms with E-state index in [0.29, 0.717) is 0 Å². The zero-order valence-electron chi connectivity index (χ0n) is 13.9. The lowest BCUT2D eigenvalue weighted by Gasteiger charge is -2.17. The van der Waals surface area contributed by atoms with Crippen LogP contribution < -0.4 is 0 Å². The van der Waals surface area contributed by atoms with Crippen LogP contribution >= 0.6 is 0 Å². The fourth-order valence-corrected chi connectivity index (χ4v) is 3.63. The van der Waals surface area contributed by atoms with Crippen LogP contribution in [0.15, 0.2) is 85.1 Å². The van der Waals surface area contributed by atoms with Crippen LogP contribution in [0.1, 0.15) is 5.56 Å². The summed E-state index contributed by atoms with van der Waals surface area (Å²) >= 11 is 0. The minimum Gasteiger partial charge on any atom is -0.330 e. The Balaban J connectivity index is 1.59. The summed E-state index contributed by atoms with van der Waals surface area (Å²) in [4.78, 5) is 4.96. The van der Waals surface area contributed by atoms with Crippen molar-refractivity contribution in [2.45, 2.75) is 13.0 Å². The van der Waals surface area contributed by atoms with Crippen molar-refractivity contribution in [2.24, 2.45) is 0 Å². The van der Waals surface area contributed by atoms with E-state index in [9.17, 15) is 0 Å². The Labute approximate surface area is 147 Å². The fourth-order valence-electron chi connectivity index (χ4n) is 3.63. The van der Waals surface area contributed by atoms with Gasteiger partial charge in [-0.1, -0.05) is 72.8 Å². The van der Waals surface area contributed by atoms with Gasteiger partial charge in [0.05, 0.1) is 5.69 Å². The van der Waals surface area contributed by atoms with Gasteiger partial charge >= 0.3 is 0 Å². The van der Waals surface area contributed by atoms with Crippen molar-refractivity contribution in [3.05, 3.63) is 90.6 Å². The van der Waals surface area contributed by atoms with Crippen LogP contribution in [0.4, 0.5) is 0 Å². The minimum absolute atomic E-state index is 0.998. The van der Waals surface area contributed by atoms with Crippen molar-refractivity contribution in [2.75, 3.05) is 0 Å². The van der Waals surface area contributed by atoms with Gasteiger partial charge in [0.15, 0.2) is 0 Å². The lowest BCUT2D eigenvalue weighted by molar-refractivity contribution is 0.684. The quantitative estimate of drug-likeness (QED) is 0.480. The molecule has 0 fully saturated rings. The fraction of sp³-hybridized carbons (Fsp3) is 0.0870. The molecular weight excluding hydrogens is 304 g/mol. The van der Waals surface area contributed by atoms with Gasteiger partial charge in [-0.15, -0.1) is 0 Å². The Morgan fingerprint density at radius 2 is 1.48 bits per heavy atom. The van der Waals surface area contributed by atoms with Gasteiger partial charge in [0.25, 0.3) is 0 Å². The number of nitrogens with zero attached hydrogens (tertiary/aromatic N) is 2. The van der Waals surface area contributed by atoms with Crippen molar-refractivity contribution in [3.8, 4) is 33.8 Å². The molecule has 3 aromatic carbocycles. The van der Waals surface area contributed by atoms with Gasteiger partial charge in [-0.3, -0.25) is 0 Å². The summed E-state index contributed by atoms with van der Waals surface area (Å²) in [6, 6.07) is 27.7. The number of aryl methyl sites for hydroxylation is 2. The third kappa shape index (κ3) is 2.47. The van der Waals surface area contributed by atoms with E-state index >= 15 is 0 Å². The smallest absolute Gasteiger partial charge is 0.140 e. The maximum atomic E-state index is 4.96. The molecule has 25 heavy (non-hydrogen) atoms. The number of fused-ring (bicyclic) bond motifs is 3. The maximum Gasteiger partial charge on any atom is 0.140 e. The minimum atomic E-state index is 0.998. The average molecular weight is 322 g/mol. The summed E-state index contributed by atoms with van der Waals surface area (Å²) in [5.41, 5.74) is 7.33. The standard InChI is InChI=1S/C23H18N2/c1-2-7-17(8-3-1)19-10-6-11-20(15-19)22-16-25-14-13-18-9-4-5-12-21(18)23(25)24-22/h1-12,15-16H,13-14H2. The van der Waals surface area contributed by atoms with Gasteiger partial charge in [0.1, 0.15) is 5.82 Å². The first-order chi connectivity index (χ1) is 12.4. The van der Waals surface area contributed by atoms with Gasteiger partial charge in [-0.25, -0.2) is 4.98 Å². The molecule has 2 heteroatoms. The van der Waals surface area contributed by atoms with Crippen molar-refractivity contribution in [3.63, 3.8) is 0 Å². The van der Waals surface area contributed by atoms with Crippen LogP contribution in [0, 0.1) is 0 Å². The van der Waals surface area contributed by atoms with E-state index in [1.807, 2.05) is 6.07 Å². The molecule has 0 bridgehead atoms. The molecule has 0 saturated heterocycles. The van der Waals surface area contributed by atoms with E-state index in [-0.39, 0.29) is 0 Å². The van der Waals surface area contributed by atoms with Crippen LogP contribution in [0.3, 0.4) is 0 Å². The first-order valence-corrected chi connectivity index (χ1v) is 8.70. The summed E-state index contributed by atoms with van der Waals surface area (Å²) in [6.07, 6.45) is 3.26. The Hall–Kier alpha value is -3.13. The number of aromatic nitrogens is 2. The Bertz CT molecular complexity index is 1040. The normalized spacial score (nSPS) is 12.5. The number of hydrogen-bond acceptors (Lipinski definition) is 1. The highest BCUT2D eigenvalue weighted by Crippen LogP contribution is 2.32. The van der Waals surface area contributed by atoms with Crippen molar-refractivity contribution >= 4 is 0 Å². The number of rotatable bonds is 2. The zero-order chi connectivity index (χ0) is 16.6. The predicted octanol–water partition coefficient (Wildman–Crippen LogP) is 5.44. The van der Waals surface area contributed by atoms with Crippen LogP contribution in [0.5, 0.6) is 0 Å². The molecule has 120 valence electrons. The number of hydrogen-bond donors (Lipinski definition) is 0. The second-order valence-corrected chi connectivity index (χ2v) is 6.50. The zero-order valence-corrected chi connectivity index (χ0v) is 13.9. The highest BCUT2D eigenvalue weighted by molar-refractivity contribution is 5.73. The van der Waals surface area contributed by atoms with Gasteiger partial charge in [0, 0.05) is 23.9 Å². The molecule has 4 aromatic rings. The van der Waals surface area contributed by atoms with E-state index in [1.165, 1.54) is 27.8 Å². The van der Waals surface area contributed by atoms with Gasteiger partial charge < -0.3 is 4.57 Å². The third-order valence-electron chi connectivity index (χ3n) is 4.92. The molecule has 0 amide bonds. The molecule has 0 spiro atoms. The Kier molecular flexibility index (Phi) is 3.27. The highest BCUT2D eigenvalue weighted by atomic mass is 15.1. The number of imidazole rings is 1. The molecule has 1 aliphatic rings. The van der Waals surface area contributed by atoms with E-state index in [1.54, 1.807) is 0 Å². The topological polar surface area (TPSA) is 17.8 Å². The molecule has 2 heterocycles. The molecule has 5 rings (SSSR count). The first kappa shape index (κ1) is 14.2. The molecule has 0 saturated carbocycles. The molecule has 1 aliphatic heterocycles. The van der Waals surface area contributed by atoms with Crippen molar-refractivity contribution in [1.29, 1.82) is 0 Å². The second kappa shape index (κ2) is 5.75. The first-order valence-electron chi connectivity index (χ1n) is 8.70. The van der Waals surface area contributed by atoms with Gasteiger partial charge in [0.2, 0.25) is 0 Å². The summed E-state index contributed by atoms with van der Waals surface area (Å²) in [7, 11) is 0. The average Bonchev–Trinajstić information content (AvgIpc) is 3.14. The van der Waals surface area contributed by atoms with E-state index < -0.39 is 0 Å². The molecule has 0 N–H and O–H groups in total. The van der Waals surface area contributed by atoms with Crippen molar-refractivity contribution in [1.82, 2.24) is 9.55 Å². The Morgan fingerprint density at radius 3 is 2.40 bits per heavy atom. The molecule has 0 aliphatic carbocycles. The Morgan fingerprint density at radius 1 is 0.720 bits per heavy atom. The van der Waals surface area contributed by atoms with E-state index in [4.69, 9.17) is 4.98 Å².